The van der Waals surface area contributed by atoms with Gasteiger partial charge in [-0.05, 0) is 34.6 Å². The summed E-state index contributed by atoms with van der Waals surface area (Å²) in [5, 5.41) is 10.6. The number of rotatable bonds is 5. The highest BCUT2D eigenvalue weighted by Crippen LogP contribution is 2.31. The van der Waals surface area contributed by atoms with Crippen molar-refractivity contribution in [1.29, 1.82) is 5.26 Å². The summed E-state index contributed by atoms with van der Waals surface area (Å²) in [6, 6.07) is 17.9. The van der Waals surface area contributed by atoms with Crippen molar-refractivity contribution < 1.29 is 0 Å². The number of aromatic nitrogens is 1. The second-order valence-electron chi connectivity index (χ2n) is 6.92. The molecule has 0 saturated heterocycles. The van der Waals surface area contributed by atoms with Gasteiger partial charge in [0, 0.05) is 29.7 Å². The SMILES string of the molecule is CC(C)Cn1c(CN)c(-c2ccccc2)c2cc(CC#N)ccc2c1=O. The predicted molar refractivity (Wildman–Crippen MR) is 106 cm³/mol. The Labute approximate surface area is 153 Å². The van der Waals surface area contributed by atoms with Crippen LogP contribution in [0.4, 0.5) is 0 Å². The number of fused-ring (bicyclic) bond motifs is 1. The molecule has 0 aliphatic heterocycles. The second kappa shape index (κ2) is 7.55. The van der Waals surface area contributed by atoms with Gasteiger partial charge in [0.05, 0.1) is 12.5 Å². The second-order valence-corrected chi connectivity index (χ2v) is 6.92. The maximum absolute atomic E-state index is 13.1. The van der Waals surface area contributed by atoms with Gasteiger partial charge in [0.2, 0.25) is 0 Å². The van der Waals surface area contributed by atoms with Gasteiger partial charge in [-0.3, -0.25) is 4.79 Å². The largest absolute Gasteiger partial charge is 0.325 e. The van der Waals surface area contributed by atoms with E-state index in [1.807, 2.05) is 53.1 Å². The van der Waals surface area contributed by atoms with E-state index in [4.69, 9.17) is 11.0 Å². The van der Waals surface area contributed by atoms with E-state index in [9.17, 15) is 4.79 Å². The summed E-state index contributed by atoms with van der Waals surface area (Å²) < 4.78 is 1.82. The lowest BCUT2D eigenvalue weighted by Crippen LogP contribution is -2.28. The fourth-order valence-electron chi connectivity index (χ4n) is 3.44. The number of benzene rings is 2. The zero-order valence-electron chi connectivity index (χ0n) is 15.2. The van der Waals surface area contributed by atoms with Gasteiger partial charge in [-0.2, -0.15) is 5.26 Å². The molecule has 0 aliphatic rings. The summed E-state index contributed by atoms with van der Waals surface area (Å²) in [6.07, 6.45) is 0.317. The Balaban J connectivity index is 2.45. The van der Waals surface area contributed by atoms with E-state index in [1.54, 1.807) is 0 Å². The van der Waals surface area contributed by atoms with Crippen LogP contribution in [-0.2, 0) is 19.5 Å². The molecule has 3 rings (SSSR count). The molecule has 2 aromatic carbocycles. The zero-order chi connectivity index (χ0) is 18.7. The van der Waals surface area contributed by atoms with Crippen LogP contribution in [0.5, 0.6) is 0 Å². The lowest BCUT2D eigenvalue weighted by atomic mass is 9.94. The Morgan fingerprint density at radius 3 is 2.46 bits per heavy atom. The van der Waals surface area contributed by atoms with Crippen LogP contribution in [0.3, 0.4) is 0 Å². The molecule has 2 N–H and O–H groups in total. The van der Waals surface area contributed by atoms with Crippen molar-refractivity contribution in [3.8, 4) is 17.2 Å². The normalized spacial score (nSPS) is 11.0. The molecule has 1 aromatic heterocycles. The van der Waals surface area contributed by atoms with E-state index in [-0.39, 0.29) is 12.1 Å². The fourth-order valence-corrected chi connectivity index (χ4v) is 3.44. The number of pyridine rings is 1. The van der Waals surface area contributed by atoms with E-state index in [2.05, 4.69) is 19.9 Å². The van der Waals surface area contributed by atoms with Crippen LogP contribution in [0.25, 0.3) is 21.9 Å². The van der Waals surface area contributed by atoms with Gasteiger partial charge in [0.25, 0.3) is 5.56 Å². The minimum atomic E-state index is -0.0164. The lowest BCUT2D eigenvalue weighted by Gasteiger charge is -2.21. The van der Waals surface area contributed by atoms with Crippen molar-refractivity contribution in [3.05, 3.63) is 70.1 Å². The number of hydrogen-bond acceptors (Lipinski definition) is 3. The van der Waals surface area contributed by atoms with Crippen LogP contribution in [0.1, 0.15) is 25.1 Å². The van der Waals surface area contributed by atoms with Crippen LogP contribution in [0.15, 0.2) is 53.3 Å². The molecule has 4 nitrogen and oxygen atoms in total. The molecule has 0 amide bonds. The molecular formula is C22H23N3O. The summed E-state index contributed by atoms with van der Waals surface area (Å²) in [7, 11) is 0. The maximum atomic E-state index is 13.1. The van der Waals surface area contributed by atoms with Gasteiger partial charge >= 0.3 is 0 Å². The molecule has 0 bridgehead atoms. The van der Waals surface area contributed by atoms with E-state index >= 15 is 0 Å². The molecule has 0 spiro atoms. The van der Waals surface area contributed by atoms with Gasteiger partial charge in [-0.1, -0.05) is 50.2 Å². The minimum absolute atomic E-state index is 0.0164. The summed E-state index contributed by atoms with van der Waals surface area (Å²) in [6.45, 7) is 5.09. The molecular weight excluding hydrogens is 322 g/mol. The fraction of sp³-hybridized carbons (Fsp3) is 0.273. The third-order valence-electron chi connectivity index (χ3n) is 4.53. The first-order valence-corrected chi connectivity index (χ1v) is 8.87. The van der Waals surface area contributed by atoms with Gasteiger partial charge in [-0.15, -0.1) is 0 Å². The van der Waals surface area contributed by atoms with Crippen LogP contribution in [0.2, 0.25) is 0 Å². The Morgan fingerprint density at radius 2 is 1.85 bits per heavy atom. The first-order chi connectivity index (χ1) is 12.6. The summed E-state index contributed by atoms with van der Waals surface area (Å²) in [5.41, 5.74) is 9.86. The number of nitriles is 1. The third kappa shape index (κ3) is 3.26. The van der Waals surface area contributed by atoms with Gasteiger partial charge < -0.3 is 10.3 Å². The van der Waals surface area contributed by atoms with E-state index < -0.39 is 0 Å². The predicted octanol–water partition coefficient (Wildman–Crippen LogP) is 3.85. The molecule has 132 valence electrons. The smallest absolute Gasteiger partial charge is 0.258 e. The lowest BCUT2D eigenvalue weighted by molar-refractivity contribution is 0.499. The van der Waals surface area contributed by atoms with Crippen molar-refractivity contribution in [2.24, 2.45) is 11.7 Å². The number of nitrogens with zero attached hydrogens (tertiary/aromatic N) is 2. The van der Waals surface area contributed by atoms with Crippen molar-refractivity contribution in [2.75, 3.05) is 0 Å². The highest BCUT2D eigenvalue weighted by molar-refractivity contribution is 5.97. The average molecular weight is 345 g/mol. The molecule has 26 heavy (non-hydrogen) atoms. The maximum Gasteiger partial charge on any atom is 0.258 e. The molecule has 3 aromatic rings. The first kappa shape index (κ1) is 17.9. The van der Waals surface area contributed by atoms with Crippen molar-refractivity contribution in [3.63, 3.8) is 0 Å². The summed E-state index contributed by atoms with van der Waals surface area (Å²) in [5.74, 6) is 0.330. The van der Waals surface area contributed by atoms with E-state index in [0.717, 1.165) is 27.8 Å². The standard InChI is InChI=1S/C22H23N3O/c1-15(2)14-25-20(13-24)21(17-6-4-3-5-7-17)19-12-16(10-11-23)8-9-18(19)22(25)26/h3-9,12,15H,10,13-14,24H2,1-2H3. The Bertz CT molecular complexity index is 1030. The first-order valence-electron chi connectivity index (χ1n) is 8.87. The molecule has 0 radical (unpaired) electrons. The number of nitrogens with two attached hydrogens (primary N) is 1. The van der Waals surface area contributed by atoms with Gasteiger partial charge in [0.1, 0.15) is 0 Å². The highest BCUT2D eigenvalue weighted by Gasteiger charge is 2.18. The summed E-state index contributed by atoms with van der Waals surface area (Å²) in [4.78, 5) is 13.1. The summed E-state index contributed by atoms with van der Waals surface area (Å²) >= 11 is 0. The number of hydrogen-bond donors (Lipinski definition) is 1. The molecule has 1 heterocycles. The Morgan fingerprint density at radius 1 is 1.12 bits per heavy atom. The topological polar surface area (TPSA) is 71.8 Å². The molecule has 0 fully saturated rings. The van der Waals surface area contributed by atoms with Crippen LogP contribution in [0, 0.1) is 17.2 Å². The van der Waals surface area contributed by atoms with Gasteiger partial charge in [0.15, 0.2) is 0 Å². The van der Waals surface area contributed by atoms with Crippen LogP contribution < -0.4 is 11.3 Å². The molecule has 4 heteroatoms. The third-order valence-corrected chi connectivity index (χ3v) is 4.53. The quantitative estimate of drug-likeness (QED) is 0.763. The Hall–Kier alpha value is -2.90. The minimum Gasteiger partial charge on any atom is -0.325 e. The average Bonchev–Trinajstić information content (AvgIpc) is 2.64. The molecule has 0 saturated carbocycles. The van der Waals surface area contributed by atoms with Crippen molar-refractivity contribution in [1.82, 2.24) is 4.57 Å². The zero-order valence-corrected chi connectivity index (χ0v) is 15.2. The van der Waals surface area contributed by atoms with Crippen molar-refractivity contribution in [2.45, 2.75) is 33.4 Å². The van der Waals surface area contributed by atoms with Crippen LogP contribution >= 0.6 is 0 Å². The Kier molecular flexibility index (Phi) is 5.20. The highest BCUT2D eigenvalue weighted by atomic mass is 16.1. The molecule has 0 atom stereocenters. The van der Waals surface area contributed by atoms with Gasteiger partial charge in [-0.25, -0.2) is 0 Å². The van der Waals surface area contributed by atoms with E-state index in [1.165, 1.54) is 0 Å². The van der Waals surface area contributed by atoms with E-state index in [0.29, 0.717) is 24.3 Å². The van der Waals surface area contributed by atoms with Crippen molar-refractivity contribution >= 4 is 10.8 Å². The monoisotopic (exact) mass is 345 g/mol. The molecule has 0 unspecified atom stereocenters. The molecule has 0 aliphatic carbocycles. The van der Waals surface area contributed by atoms with Crippen LogP contribution in [-0.4, -0.2) is 4.57 Å².